The summed E-state index contributed by atoms with van der Waals surface area (Å²) in [7, 11) is 1.61. The molecule has 144 valence electrons. The van der Waals surface area contributed by atoms with E-state index in [1.54, 1.807) is 16.5 Å². The molecule has 0 bridgehead atoms. The second-order valence-electron chi connectivity index (χ2n) is 6.79. The molecule has 8 nitrogen and oxygen atoms in total. The molecule has 28 heavy (non-hydrogen) atoms. The third-order valence-electron chi connectivity index (χ3n) is 5.14. The Morgan fingerprint density at radius 3 is 2.86 bits per heavy atom. The number of fused-ring (bicyclic) bond motifs is 3. The molecule has 0 fully saturated rings. The Bertz CT molecular complexity index is 1120. The minimum Gasteiger partial charge on any atom is -0.496 e. The van der Waals surface area contributed by atoms with Crippen molar-refractivity contribution in [3.63, 3.8) is 0 Å². The number of carbonyl (C=O) groups excluding carboxylic acids is 2. The van der Waals surface area contributed by atoms with Crippen LogP contribution in [0.5, 0.6) is 5.75 Å². The van der Waals surface area contributed by atoms with Gasteiger partial charge < -0.3 is 15.4 Å². The van der Waals surface area contributed by atoms with E-state index in [1.807, 2.05) is 25.1 Å². The lowest BCUT2D eigenvalue weighted by molar-refractivity contribution is -0.126. The first-order valence-electron chi connectivity index (χ1n) is 8.93. The number of nitrogens with two attached hydrogens (primary N) is 1. The van der Waals surface area contributed by atoms with E-state index in [0.29, 0.717) is 36.4 Å². The Balaban J connectivity index is 1.86. The predicted octanol–water partition coefficient (Wildman–Crippen LogP) is 1.82. The molecule has 0 atom stereocenters. The monoisotopic (exact) mass is 379 g/mol. The number of imidazole rings is 1. The topological polar surface area (TPSA) is 106 Å². The number of amides is 2. The number of primary amides is 1. The average molecular weight is 379 g/mol. The van der Waals surface area contributed by atoms with Crippen molar-refractivity contribution in [1.82, 2.24) is 19.5 Å². The van der Waals surface area contributed by atoms with Gasteiger partial charge in [-0.3, -0.25) is 14.7 Å². The van der Waals surface area contributed by atoms with Gasteiger partial charge in [0, 0.05) is 18.5 Å². The molecule has 2 amide bonds. The first kappa shape index (κ1) is 17.8. The second kappa shape index (κ2) is 6.56. The van der Waals surface area contributed by atoms with Crippen LogP contribution in [0.15, 0.2) is 30.9 Å². The maximum atomic E-state index is 12.3. The first-order valence-corrected chi connectivity index (χ1v) is 8.93. The SMILES string of the molecule is C=CC(=O)N1CCc2c(nc3c(C(N)=O)c(-c4ccc(C)c(OC)c4)[nH]n23)C1. The molecule has 0 spiro atoms. The first-order chi connectivity index (χ1) is 13.4. The van der Waals surface area contributed by atoms with Crippen molar-refractivity contribution >= 4 is 17.5 Å². The highest BCUT2D eigenvalue weighted by Gasteiger charge is 2.28. The highest BCUT2D eigenvalue weighted by molar-refractivity contribution is 6.05. The Labute approximate surface area is 161 Å². The number of aromatic nitrogens is 3. The summed E-state index contributed by atoms with van der Waals surface area (Å²) in [5.74, 6) is 0.0211. The lowest BCUT2D eigenvalue weighted by atomic mass is 10.0. The number of methoxy groups -OCH3 is 1. The minimum atomic E-state index is -0.567. The van der Waals surface area contributed by atoms with E-state index in [1.165, 1.54) is 6.08 Å². The molecule has 0 radical (unpaired) electrons. The zero-order valence-corrected chi connectivity index (χ0v) is 15.8. The molecular weight excluding hydrogens is 358 g/mol. The van der Waals surface area contributed by atoms with E-state index >= 15 is 0 Å². The number of benzene rings is 1. The van der Waals surface area contributed by atoms with E-state index in [0.717, 1.165) is 28.3 Å². The van der Waals surface area contributed by atoms with E-state index in [9.17, 15) is 9.59 Å². The van der Waals surface area contributed by atoms with Crippen molar-refractivity contribution in [3.8, 4) is 17.0 Å². The number of aromatic amines is 1. The summed E-state index contributed by atoms with van der Waals surface area (Å²) in [5.41, 5.74) is 10.6. The van der Waals surface area contributed by atoms with Gasteiger partial charge in [0.1, 0.15) is 11.3 Å². The van der Waals surface area contributed by atoms with Crippen LogP contribution in [0.3, 0.4) is 0 Å². The number of hydrogen-bond acceptors (Lipinski definition) is 4. The minimum absolute atomic E-state index is 0.134. The summed E-state index contributed by atoms with van der Waals surface area (Å²) in [6, 6.07) is 5.70. The van der Waals surface area contributed by atoms with Gasteiger partial charge in [-0.05, 0) is 24.6 Å². The number of aryl methyl sites for hydroxylation is 1. The van der Waals surface area contributed by atoms with Crippen LogP contribution in [-0.4, -0.2) is 45.0 Å². The van der Waals surface area contributed by atoms with E-state index < -0.39 is 5.91 Å². The van der Waals surface area contributed by atoms with Crippen LogP contribution >= 0.6 is 0 Å². The lowest BCUT2D eigenvalue weighted by Crippen LogP contribution is -2.35. The van der Waals surface area contributed by atoms with Crippen molar-refractivity contribution in [2.24, 2.45) is 5.73 Å². The number of nitrogens with zero attached hydrogens (tertiary/aromatic N) is 3. The van der Waals surface area contributed by atoms with E-state index in [4.69, 9.17) is 10.5 Å². The van der Waals surface area contributed by atoms with Gasteiger partial charge >= 0.3 is 0 Å². The fraction of sp³-hybridized carbons (Fsp3) is 0.250. The van der Waals surface area contributed by atoms with Crippen LogP contribution in [0.1, 0.15) is 27.3 Å². The fourth-order valence-electron chi connectivity index (χ4n) is 3.69. The molecular formula is C20H21N5O3. The van der Waals surface area contributed by atoms with Gasteiger partial charge in [-0.25, -0.2) is 9.50 Å². The molecule has 0 aliphatic carbocycles. The smallest absolute Gasteiger partial charge is 0.254 e. The third kappa shape index (κ3) is 2.65. The normalized spacial score (nSPS) is 13.4. The summed E-state index contributed by atoms with van der Waals surface area (Å²) in [6.45, 7) is 6.42. The van der Waals surface area contributed by atoms with Gasteiger partial charge in [-0.2, -0.15) is 0 Å². The molecule has 3 N–H and O–H groups in total. The molecule has 0 saturated heterocycles. The summed E-state index contributed by atoms with van der Waals surface area (Å²) < 4.78 is 7.20. The largest absolute Gasteiger partial charge is 0.496 e. The standard InChI is InChI=1S/C20H21N5O3/c1-4-16(26)24-8-7-14-13(10-24)22-20-17(19(21)27)18(23-25(14)20)12-6-5-11(2)15(9-12)28-3/h4-6,9,23H,1,7-8,10H2,2-3H3,(H2,21,27). The summed E-state index contributed by atoms with van der Waals surface area (Å²) >= 11 is 0. The maximum absolute atomic E-state index is 12.3. The molecule has 3 aromatic rings. The van der Waals surface area contributed by atoms with Crippen LogP contribution in [-0.2, 0) is 17.8 Å². The van der Waals surface area contributed by atoms with Crippen LogP contribution in [0.25, 0.3) is 16.9 Å². The molecule has 0 saturated carbocycles. The third-order valence-corrected chi connectivity index (χ3v) is 5.14. The Kier molecular flexibility index (Phi) is 4.18. The highest BCUT2D eigenvalue weighted by atomic mass is 16.5. The van der Waals surface area contributed by atoms with Gasteiger partial charge in [0.25, 0.3) is 5.91 Å². The molecule has 1 aliphatic heterocycles. The van der Waals surface area contributed by atoms with Gasteiger partial charge in [0.15, 0.2) is 5.65 Å². The zero-order chi connectivity index (χ0) is 20.0. The lowest BCUT2D eigenvalue weighted by Gasteiger charge is -2.25. The molecule has 2 aromatic heterocycles. The number of ether oxygens (including phenoxy) is 1. The van der Waals surface area contributed by atoms with Crippen LogP contribution in [0.4, 0.5) is 0 Å². The molecule has 3 heterocycles. The van der Waals surface area contributed by atoms with Gasteiger partial charge in [-0.15, -0.1) is 0 Å². The maximum Gasteiger partial charge on any atom is 0.254 e. The van der Waals surface area contributed by atoms with Crippen molar-refractivity contribution in [3.05, 3.63) is 53.4 Å². The van der Waals surface area contributed by atoms with E-state index in [-0.39, 0.29) is 5.91 Å². The summed E-state index contributed by atoms with van der Waals surface area (Å²) in [4.78, 5) is 30.5. The van der Waals surface area contributed by atoms with Crippen LogP contribution in [0.2, 0.25) is 0 Å². The molecule has 0 unspecified atom stereocenters. The average Bonchev–Trinajstić information content (AvgIpc) is 3.22. The summed E-state index contributed by atoms with van der Waals surface area (Å²) in [6.07, 6.45) is 1.91. The van der Waals surface area contributed by atoms with Crippen molar-refractivity contribution in [2.75, 3.05) is 13.7 Å². The second-order valence-corrected chi connectivity index (χ2v) is 6.79. The Morgan fingerprint density at radius 2 is 2.18 bits per heavy atom. The zero-order valence-electron chi connectivity index (χ0n) is 15.8. The van der Waals surface area contributed by atoms with E-state index in [2.05, 4.69) is 16.7 Å². The molecule has 1 aliphatic rings. The van der Waals surface area contributed by atoms with Crippen molar-refractivity contribution < 1.29 is 14.3 Å². The molecule has 1 aromatic carbocycles. The van der Waals surface area contributed by atoms with Crippen molar-refractivity contribution in [1.29, 1.82) is 0 Å². The van der Waals surface area contributed by atoms with Crippen molar-refractivity contribution in [2.45, 2.75) is 19.9 Å². The fourth-order valence-corrected chi connectivity index (χ4v) is 3.69. The van der Waals surface area contributed by atoms with Gasteiger partial charge in [0.2, 0.25) is 5.91 Å². The number of hydrogen-bond donors (Lipinski definition) is 2. The summed E-state index contributed by atoms with van der Waals surface area (Å²) in [5, 5.41) is 3.27. The highest BCUT2D eigenvalue weighted by Crippen LogP contribution is 2.32. The van der Waals surface area contributed by atoms with Crippen LogP contribution in [0, 0.1) is 6.92 Å². The number of nitrogens with one attached hydrogen (secondary N) is 1. The number of rotatable bonds is 4. The quantitative estimate of drug-likeness (QED) is 0.675. The number of H-pyrrole nitrogens is 1. The van der Waals surface area contributed by atoms with Gasteiger partial charge in [0.05, 0.1) is 30.7 Å². The van der Waals surface area contributed by atoms with Gasteiger partial charge in [-0.1, -0.05) is 18.7 Å². The molecule has 4 rings (SSSR count). The molecule has 8 heteroatoms. The Hall–Kier alpha value is -3.55. The number of carbonyl (C=O) groups is 2. The predicted molar refractivity (Wildman–Crippen MR) is 104 cm³/mol. The van der Waals surface area contributed by atoms with Crippen LogP contribution < -0.4 is 10.5 Å². The Morgan fingerprint density at radius 1 is 1.39 bits per heavy atom.